The Labute approximate surface area is 180 Å². The first-order valence-electron chi connectivity index (χ1n) is 9.75. The molecule has 3 aliphatic rings. The van der Waals surface area contributed by atoms with Gasteiger partial charge in [-0.25, -0.2) is 0 Å². The van der Waals surface area contributed by atoms with Crippen LogP contribution >= 0.6 is 23.2 Å². The Morgan fingerprint density at radius 3 is 2.03 bits per heavy atom. The van der Waals surface area contributed by atoms with Crippen molar-refractivity contribution in [2.45, 2.75) is 44.4 Å². The van der Waals surface area contributed by atoms with Crippen molar-refractivity contribution in [1.29, 1.82) is 0 Å². The summed E-state index contributed by atoms with van der Waals surface area (Å²) in [5.41, 5.74) is 4.18. The average molecular weight is 430 g/mol. The van der Waals surface area contributed by atoms with Gasteiger partial charge >= 0.3 is 0 Å². The molecule has 0 atom stereocenters. The van der Waals surface area contributed by atoms with Crippen LogP contribution < -0.4 is 4.74 Å². The minimum atomic E-state index is -0.437. The molecule has 1 aromatic carbocycles. The molecule has 150 valence electrons. The number of rotatable bonds is 3. The number of allylic oxidation sites excluding steroid dienone is 4. The van der Waals surface area contributed by atoms with E-state index in [0.717, 1.165) is 42.6 Å². The van der Waals surface area contributed by atoms with E-state index in [-0.39, 0.29) is 18.2 Å². The lowest BCUT2D eigenvalue weighted by molar-refractivity contribution is -0.117. The molecule has 1 aromatic rings. The predicted molar refractivity (Wildman–Crippen MR) is 113 cm³/mol. The number of benzene rings is 1. The Morgan fingerprint density at radius 2 is 1.55 bits per heavy atom. The minimum Gasteiger partial charge on any atom is -0.478 e. The van der Waals surface area contributed by atoms with Crippen LogP contribution in [0.1, 0.15) is 50.0 Å². The Hall–Kier alpha value is -2.22. The molecule has 0 amide bonds. The number of hydrogen-bond donors (Lipinski definition) is 0. The molecule has 1 aliphatic heterocycles. The summed E-state index contributed by atoms with van der Waals surface area (Å²) in [7, 11) is 1.97. The van der Waals surface area contributed by atoms with Crippen LogP contribution in [0.2, 0.25) is 10.0 Å². The normalized spacial score (nSPS) is 19.9. The standard InChI is InChI=1S/C23H21Cl2NO3/c1-3-10-29-23-14(24)11-13(12-15(23)25)20-21-16(6-4-8-18(21)27)26(2)17-7-5-9-19(28)22(17)20/h1,11-12,20H,4-10H2,2H3. The zero-order chi connectivity index (χ0) is 20.7. The van der Waals surface area contributed by atoms with Crippen molar-refractivity contribution in [2.75, 3.05) is 13.7 Å². The maximum atomic E-state index is 13.0. The first-order valence-corrected chi connectivity index (χ1v) is 10.5. The highest BCUT2D eigenvalue weighted by Gasteiger charge is 2.42. The Balaban J connectivity index is 1.90. The lowest BCUT2D eigenvalue weighted by Gasteiger charge is -2.42. The van der Waals surface area contributed by atoms with E-state index in [0.29, 0.717) is 39.8 Å². The number of halogens is 2. The fourth-order valence-corrected chi connectivity index (χ4v) is 5.30. The maximum Gasteiger partial charge on any atom is 0.161 e. The summed E-state index contributed by atoms with van der Waals surface area (Å²) in [6.07, 6.45) is 9.54. The first-order chi connectivity index (χ1) is 13.9. The summed E-state index contributed by atoms with van der Waals surface area (Å²) in [4.78, 5) is 28.0. The van der Waals surface area contributed by atoms with E-state index in [1.165, 1.54) is 0 Å². The zero-order valence-electron chi connectivity index (χ0n) is 16.2. The van der Waals surface area contributed by atoms with Crippen molar-refractivity contribution in [2.24, 2.45) is 0 Å². The number of ether oxygens (including phenoxy) is 1. The van der Waals surface area contributed by atoms with E-state index < -0.39 is 5.92 Å². The van der Waals surface area contributed by atoms with Gasteiger partial charge in [-0.3, -0.25) is 9.59 Å². The van der Waals surface area contributed by atoms with E-state index >= 15 is 0 Å². The summed E-state index contributed by atoms with van der Waals surface area (Å²) in [5.74, 6) is 2.45. The number of carbonyl (C=O) groups is 2. The third-order valence-corrected chi connectivity index (χ3v) is 6.46. The van der Waals surface area contributed by atoms with Crippen molar-refractivity contribution in [3.63, 3.8) is 0 Å². The van der Waals surface area contributed by atoms with Gasteiger partial charge in [0.05, 0.1) is 10.0 Å². The summed E-state index contributed by atoms with van der Waals surface area (Å²) in [6, 6.07) is 3.49. The number of Topliss-reactive ketones (excluding diaryl/α,β-unsaturated/α-hetero) is 2. The van der Waals surface area contributed by atoms with Crippen LogP contribution in [0.15, 0.2) is 34.7 Å². The van der Waals surface area contributed by atoms with Crippen LogP contribution in [0, 0.1) is 12.3 Å². The van der Waals surface area contributed by atoms with Crippen LogP contribution in [0.3, 0.4) is 0 Å². The summed E-state index contributed by atoms with van der Waals surface area (Å²) in [6.45, 7) is 0.0502. The molecule has 0 aromatic heterocycles. The van der Waals surface area contributed by atoms with Crippen LogP contribution in [-0.2, 0) is 9.59 Å². The lowest BCUT2D eigenvalue weighted by atomic mass is 9.71. The van der Waals surface area contributed by atoms with Gasteiger partial charge in [0.2, 0.25) is 0 Å². The van der Waals surface area contributed by atoms with Gasteiger partial charge in [0.25, 0.3) is 0 Å². The molecular weight excluding hydrogens is 409 g/mol. The Morgan fingerprint density at radius 1 is 1.03 bits per heavy atom. The molecule has 4 nitrogen and oxygen atoms in total. The summed E-state index contributed by atoms with van der Waals surface area (Å²) < 4.78 is 5.47. The maximum absolute atomic E-state index is 13.0. The zero-order valence-corrected chi connectivity index (χ0v) is 17.7. The molecular formula is C23H21Cl2NO3. The van der Waals surface area contributed by atoms with Crippen LogP contribution in [0.5, 0.6) is 5.75 Å². The summed E-state index contributed by atoms with van der Waals surface area (Å²) in [5, 5.41) is 0.634. The van der Waals surface area contributed by atoms with Gasteiger partial charge in [-0.2, -0.15) is 0 Å². The molecule has 0 fully saturated rings. The molecule has 4 rings (SSSR count). The van der Waals surface area contributed by atoms with Crippen LogP contribution in [-0.4, -0.2) is 30.1 Å². The molecule has 6 heteroatoms. The number of hydrogen-bond acceptors (Lipinski definition) is 4. The second kappa shape index (κ2) is 7.89. The fourth-order valence-electron chi connectivity index (χ4n) is 4.68. The molecule has 0 spiro atoms. The van der Waals surface area contributed by atoms with Crippen molar-refractivity contribution < 1.29 is 14.3 Å². The van der Waals surface area contributed by atoms with Crippen molar-refractivity contribution in [3.05, 3.63) is 50.3 Å². The van der Waals surface area contributed by atoms with Gasteiger partial charge in [0.15, 0.2) is 17.3 Å². The molecule has 0 saturated heterocycles. The SMILES string of the molecule is C#CCOc1c(Cl)cc(C2C3=C(CCCC3=O)N(C)C3=C2C(=O)CCC3)cc1Cl. The highest BCUT2D eigenvalue weighted by atomic mass is 35.5. The molecule has 1 heterocycles. The first kappa shape index (κ1) is 20.1. The van der Waals surface area contributed by atoms with Gasteiger partial charge in [0.1, 0.15) is 6.61 Å². The van der Waals surface area contributed by atoms with Gasteiger partial charge < -0.3 is 9.64 Å². The second-order valence-corrected chi connectivity index (χ2v) is 8.39. The highest BCUT2D eigenvalue weighted by molar-refractivity contribution is 6.37. The molecule has 0 N–H and O–H groups in total. The van der Waals surface area contributed by atoms with Crippen LogP contribution in [0.4, 0.5) is 0 Å². The molecule has 0 unspecified atom stereocenters. The van der Waals surface area contributed by atoms with Gasteiger partial charge in [-0.1, -0.05) is 29.1 Å². The lowest BCUT2D eigenvalue weighted by Crippen LogP contribution is -2.37. The third kappa shape index (κ3) is 3.37. The number of carbonyl (C=O) groups excluding carboxylic acids is 2. The Bertz CT molecular complexity index is 948. The van der Waals surface area contributed by atoms with Gasteiger partial charge in [-0.05, 0) is 43.4 Å². The van der Waals surface area contributed by atoms with E-state index in [9.17, 15) is 9.59 Å². The average Bonchev–Trinajstić information content (AvgIpc) is 2.69. The Kier molecular flexibility index (Phi) is 5.46. The number of terminal acetylenes is 1. The molecule has 0 saturated carbocycles. The van der Waals surface area contributed by atoms with E-state index in [1.807, 2.05) is 7.05 Å². The molecule has 2 aliphatic carbocycles. The molecule has 0 bridgehead atoms. The third-order valence-electron chi connectivity index (χ3n) is 5.90. The largest absolute Gasteiger partial charge is 0.478 e. The predicted octanol–water partition coefficient (Wildman–Crippen LogP) is 5.05. The highest BCUT2D eigenvalue weighted by Crippen LogP contribution is 2.50. The topological polar surface area (TPSA) is 46.6 Å². The van der Waals surface area contributed by atoms with E-state index in [1.54, 1.807) is 12.1 Å². The molecule has 0 radical (unpaired) electrons. The summed E-state index contributed by atoms with van der Waals surface area (Å²) >= 11 is 12.9. The fraction of sp³-hybridized carbons (Fsp3) is 0.391. The quantitative estimate of drug-likeness (QED) is 0.630. The minimum absolute atomic E-state index is 0.0502. The van der Waals surface area contributed by atoms with E-state index in [4.69, 9.17) is 34.4 Å². The van der Waals surface area contributed by atoms with E-state index in [2.05, 4.69) is 10.8 Å². The molecule has 29 heavy (non-hydrogen) atoms. The monoisotopic (exact) mass is 429 g/mol. The smallest absolute Gasteiger partial charge is 0.161 e. The number of ketones is 2. The second-order valence-electron chi connectivity index (χ2n) is 7.57. The van der Waals surface area contributed by atoms with Crippen LogP contribution in [0.25, 0.3) is 0 Å². The van der Waals surface area contributed by atoms with Crippen molar-refractivity contribution in [1.82, 2.24) is 4.90 Å². The van der Waals surface area contributed by atoms with Gasteiger partial charge in [-0.15, -0.1) is 6.42 Å². The van der Waals surface area contributed by atoms with Crippen molar-refractivity contribution in [3.8, 4) is 18.1 Å². The van der Waals surface area contributed by atoms with Crippen molar-refractivity contribution >= 4 is 34.8 Å². The number of nitrogens with zero attached hydrogens (tertiary/aromatic N) is 1. The van der Waals surface area contributed by atoms with Gasteiger partial charge in [0, 0.05) is 48.3 Å².